The molecule has 0 saturated carbocycles. The van der Waals surface area contributed by atoms with E-state index < -0.39 is 5.97 Å². The highest BCUT2D eigenvalue weighted by molar-refractivity contribution is 7.80. The first-order valence-corrected chi connectivity index (χ1v) is 7.10. The minimum Gasteiger partial charge on any atom is -0.465 e. The SMILES string of the molecule is COC(=O)c1cnn(-c2ccc(Cl)cc2)c1/C=C(/C#N)C(N)=S. The summed E-state index contributed by atoms with van der Waals surface area (Å²) in [5, 5.41) is 13.9. The number of nitrogens with two attached hydrogens (primary N) is 1. The van der Waals surface area contributed by atoms with E-state index >= 15 is 0 Å². The van der Waals surface area contributed by atoms with Gasteiger partial charge in [-0.15, -0.1) is 0 Å². The molecule has 2 N–H and O–H groups in total. The van der Waals surface area contributed by atoms with Crippen LogP contribution in [0.5, 0.6) is 0 Å². The number of benzene rings is 1. The number of carbonyl (C=O) groups excluding carboxylic acids is 1. The number of thiocarbonyl (C=S) groups is 1. The Morgan fingerprint density at radius 2 is 2.13 bits per heavy atom. The predicted octanol–water partition coefficient (Wildman–Crippen LogP) is 2.51. The molecular weight excluding hydrogens is 336 g/mol. The summed E-state index contributed by atoms with van der Waals surface area (Å²) in [6, 6.07) is 8.70. The van der Waals surface area contributed by atoms with Crippen molar-refractivity contribution in [2.24, 2.45) is 5.73 Å². The summed E-state index contributed by atoms with van der Waals surface area (Å²) in [4.78, 5) is 11.8. The second kappa shape index (κ2) is 7.05. The van der Waals surface area contributed by atoms with Crippen molar-refractivity contribution in [2.45, 2.75) is 0 Å². The number of aromatic nitrogens is 2. The Labute approximate surface area is 142 Å². The fourth-order valence-electron chi connectivity index (χ4n) is 1.85. The highest BCUT2D eigenvalue weighted by Gasteiger charge is 2.18. The van der Waals surface area contributed by atoms with Gasteiger partial charge in [0, 0.05) is 5.02 Å². The van der Waals surface area contributed by atoms with E-state index in [9.17, 15) is 4.79 Å². The van der Waals surface area contributed by atoms with E-state index in [0.717, 1.165) is 0 Å². The molecule has 1 aromatic heterocycles. The second-order valence-corrected chi connectivity index (χ2v) is 5.23. The zero-order valence-electron chi connectivity index (χ0n) is 12.0. The molecule has 0 spiro atoms. The molecule has 0 unspecified atom stereocenters. The van der Waals surface area contributed by atoms with Gasteiger partial charge < -0.3 is 10.5 Å². The molecule has 0 saturated heterocycles. The molecule has 1 heterocycles. The van der Waals surface area contributed by atoms with Crippen LogP contribution in [0.4, 0.5) is 0 Å². The Bertz CT molecular complexity index is 834. The molecular formula is C15H11ClN4O2S. The van der Waals surface area contributed by atoms with Crippen LogP contribution in [0.1, 0.15) is 16.1 Å². The van der Waals surface area contributed by atoms with Gasteiger partial charge in [-0.05, 0) is 30.3 Å². The summed E-state index contributed by atoms with van der Waals surface area (Å²) < 4.78 is 6.20. The maximum atomic E-state index is 11.9. The number of ether oxygens (including phenoxy) is 1. The molecule has 1 aromatic carbocycles. The first kappa shape index (κ1) is 16.7. The molecule has 2 aromatic rings. The summed E-state index contributed by atoms with van der Waals surface area (Å²) in [5.74, 6) is -0.586. The molecule has 116 valence electrons. The molecule has 0 bridgehead atoms. The van der Waals surface area contributed by atoms with Crippen LogP contribution in [0.3, 0.4) is 0 Å². The Hall–Kier alpha value is -2.69. The van der Waals surface area contributed by atoms with E-state index in [2.05, 4.69) is 5.10 Å². The Morgan fingerprint density at radius 3 is 2.65 bits per heavy atom. The van der Waals surface area contributed by atoms with Crippen LogP contribution in [0, 0.1) is 11.3 Å². The number of nitrogens with zero attached hydrogens (tertiary/aromatic N) is 3. The van der Waals surface area contributed by atoms with Crippen LogP contribution in [0.25, 0.3) is 11.8 Å². The van der Waals surface area contributed by atoms with Crippen molar-refractivity contribution >= 4 is 40.9 Å². The van der Waals surface area contributed by atoms with Crippen molar-refractivity contribution < 1.29 is 9.53 Å². The van der Waals surface area contributed by atoms with Gasteiger partial charge in [0.1, 0.15) is 16.6 Å². The fraction of sp³-hybridized carbons (Fsp3) is 0.0667. The largest absolute Gasteiger partial charge is 0.465 e. The first-order chi connectivity index (χ1) is 11.0. The lowest BCUT2D eigenvalue weighted by Crippen LogP contribution is -2.11. The molecule has 6 nitrogen and oxygen atoms in total. The zero-order chi connectivity index (χ0) is 17.0. The number of methoxy groups -OCH3 is 1. The maximum Gasteiger partial charge on any atom is 0.341 e. The van der Waals surface area contributed by atoms with Crippen molar-refractivity contribution in [2.75, 3.05) is 7.11 Å². The molecule has 0 aliphatic rings. The smallest absolute Gasteiger partial charge is 0.341 e. The van der Waals surface area contributed by atoms with E-state index in [0.29, 0.717) is 16.4 Å². The second-order valence-electron chi connectivity index (χ2n) is 4.36. The van der Waals surface area contributed by atoms with Gasteiger partial charge in [0.05, 0.1) is 30.3 Å². The molecule has 0 amide bonds. The van der Waals surface area contributed by atoms with Crippen LogP contribution >= 0.6 is 23.8 Å². The Balaban J connectivity index is 2.67. The lowest BCUT2D eigenvalue weighted by Gasteiger charge is -2.07. The molecule has 0 aliphatic heterocycles. The van der Waals surface area contributed by atoms with Gasteiger partial charge in [-0.2, -0.15) is 10.4 Å². The summed E-state index contributed by atoms with van der Waals surface area (Å²) >= 11 is 10.7. The summed E-state index contributed by atoms with van der Waals surface area (Å²) in [6.45, 7) is 0. The predicted molar refractivity (Wildman–Crippen MR) is 90.3 cm³/mol. The number of halogens is 1. The standard InChI is InChI=1S/C15H11ClN4O2S/c1-22-15(21)12-8-19-20(11-4-2-10(16)3-5-11)13(12)6-9(7-17)14(18)23/h2-6,8H,1H3,(H2,18,23)/b9-6-. The van der Waals surface area contributed by atoms with Gasteiger partial charge in [-0.3, -0.25) is 0 Å². The van der Waals surface area contributed by atoms with Gasteiger partial charge in [-0.1, -0.05) is 23.8 Å². The summed E-state index contributed by atoms with van der Waals surface area (Å²) in [7, 11) is 1.26. The van der Waals surface area contributed by atoms with Crippen molar-refractivity contribution in [1.82, 2.24) is 9.78 Å². The quantitative estimate of drug-likeness (QED) is 0.395. The van der Waals surface area contributed by atoms with Gasteiger partial charge in [0.2, 0.25) is 0 Å². The molecule has 0 aliphatic carbocycles. The number of carbonyl (C=O) groups is 1. The Kier molecular flexibility index (Phi) is 5.11. The molecule has 2 rings (SSSR count). The monoisotopic (exact) mass is 346 g/mol. The van der Waals surface area contributed by atoms with Crippen LogP contribution in [-0.2, 0) is 4.74 Å². The van der Waals surface area contributed by atoms with Crippen molar-refractivity contribution in [3.63, 3.8) is 0 Å². The third-order valence-corrected chi connectivity index (χ3v) is 3.42. The Morgan fingerprint density at radius 1 is 1.48 bits per heavy atom. The van der Waals surface area contributed by atoms with Gasteiger partial charge in [0.25, 0.3) is 0 Å². The van der Waals surface area contributed by atoms with Crippen LogP contribution in [-0.4, -0.2) is 27.8 Å². The van der Waals surface area contributed by atoms with E-state index in [1.165, 1.54) is 24.1 Å². The number of nitriles is 1. The van der Waals surface area contributed by atoms with Crippen LogP contribution < -0.4 is 5.73 Å². The first-order valence-electron chi connectivity index (χ1n) is 6.31. The minimum atomic E-state index is -0.586. The van der Waals surface area contributed by atoms with Crippen molar-refractivity contribution in [3.8, 4) is 11.8 Å². The average molecular weight is 347 g/mol. The molecule has 8 heteroatoms. The summed E-state index contributed by atoms with van der Waals surface area (Å²) in [5.41, 5.74) is 6.74. The van der Waals surface area contributed by atoms with Gasteiger partial charge in [-0.25, -0.2) is 9.48 Å². The number of rotatable bonds is 4. The summed E-state index contributed by atoms with van der Waals surface area (Å²) in [6.07, 6.45) is 2.75. The maximum absolute atomic E-state index is 11.9. The number of esters is 1. The lowest BCUT2D eigenvalue weighted by molar-refractivity contribution is 0.0600. The minimum absolute atomic E-state index is 0.0564. The fourth-order valence-corrected chi connectivity index (χ4v) is 2.08. The van der Waals surface area contributed by atoms with E-state index in [1.807, 2.05) is 6.07 Å². The average Bonchev–Trinajstić information content (AvgIpc) is 2.95. The van der Waals surface area contributed by atoms with Gasteiger partial charge >= 0.3 is 5.97 Å². The number of hydrogen-bond acceptors (Lipinski definition) is 5. The van der Waals surface area contributed by atoms with Gasteiger partial charge in [0.15, 0.2) is 0 Å². The van der Waals surface area contributed by atoms with E-state index in [-0.39, 0.29) is 16.1 Å². The number of hydrogen-bond donors (Lipinski definition) is 1. The normalized spacial score (nSPS) is 10.9. The van der Waals surface area contributed by atoms with Crippen molar-refractivity contribution in [3.05, 3.63) is 52.3 Å². The third kappa shape index (κ3) is 3.56. The van der Waals surface area contributed by atoms with Crippen LogP contribution in [0.2, 0.25) is 5.02 Å². The van der Waals surface area contributed by atoms with E-state index in [4.69, 9.17) is 39.6 Å². The highest BCUT2D eigenvalue weighted by atomic mass is 35.5. The lowest BCUT2D eigenvalue weighted by atomic mass is 10.1. The molecule has 23 heavy (non-hydrogen) atoms. The molecule has 0 radical (unpaired) electrons. The molecule has 0 atom stereocenters. The molecule has 0 fully saturated rings. The van der Waals surface area contributed by atoms with Crippen LogP contribution in [0.15, 0.2) is 36.0 Å². The third-order valence-electron chi connectivity index (χ3n) is 2.95. The topological polar surface area (TPSA) is 93.9 Å². The van der Waals surface area contributed by atoms with Crippen molar-refractivity contribution in [1.29, 1.82) is 5.26 Å². The van der Waals surface area contributed by atoms with E-state index in [1.54, 1.807) is 24.3 Å². The zero-order valence-corrected chi connectivity index (χ0v) is 13.6. The highest BCUT2D eigenvalue weighted by Crippen LogP contribution is 2.20.